The second-order valence-corrected chi connectivity index (χ2v) is 14.4. The Bertz CT molecular complexity index is 1790. The number of anilines is 1. The Morgan fingerprint density at radius 2 is 1.86 bits per heavy atom. The van der Waals surface area contributed by atoms with Gasteiger partial charge in [0.05, 0.1) is 16.0 Å². The van der Waals surface area contributed by atoms with Crippen molar-refractivity contribution < 1.29 is 27.2 Å². The van der Waals surface area contributed by atoms with Gasteiger partial charge in [-0.3, -0.25) is 9.11 Å². The Labute approximate surface area is 249 Å². The number of rotatable bonds is 5. The van der Waals surface area contributed by atoms with E-state index in [-0.39, 0.29) is 50.9 Å². The number of ether oxygens (including phenoxy) is 1. The number of hydrogen-bond acceptors (Lipinski definition) is 7. The van der Waals surface area contributed by atoms with E-state index in [0.717, 1.165) is 32.2 Å². The van der Waals surface area contributed by atoms with Crippen molar-refractivity contribution in [3.05, 3.63) is 54.1 Å². The van der Waals surface area contributed by atoms with Crippen molar-refractivity contribution in [3.63, 3.8) is 0 Å². The van der Waals surface area contributed by atoms with Crippen LogP contribution in [0.1, 0.15) is 32.1 Å². The zero-order valence-electron chi connectivity index (χ0n) is 23.4. The molecule has 11 heteroatoms. The van der Waals surface area contributed by atoms with Crippen LogP contribution in [0.4, 0.5) is 19.0 Å². The first-order chi connectivity index (χ1) is 20.8. The Balaban J connectivity index is 1.26. The molecule has 43 heavy (non-hydrogen) atoms. The van der Waals surface area contributed by atoms with E-state index in [9.17, 15) is 13.7 Å². The van der Waals surface area contributed by atoms with Gasteiger partial charge in [-0.05, 0) is 67.4 Å². The highest BCUT2D eigenvalue weighted by atomic mass is 32.2. The SMILES string of the molecule is O=S1C2CCC1CN(c1nc(OC[C@@]34CCCN3C[C@H](F)C4)nc3c(F)c(-c4cc(O)cc5cccc(F)c45)ccc13)C2. The maximum atomic E-state index is 16.6. The van der Waals surface area contributed by atoms with Gasteiger partial charge in [-0.1, -0.05) is 18.2 Å². The lowest BCUT2D eigenvalue weighted by Gasteiger charge is -2.33. The predicted octanol–water partition coefficient (Wildman–Crippen LogP) is 5.49. The molecule has 4 aliphatic heterocycles. The van der Waals surface area contributed by atoms with Gasteiger partial charge in [-0.25, -0.2) is 13.2 Å². The molecule has 0 radical (unpaired) electrons. The molecule has 5 heterocycles. The van der Waals surface area contributed by atoms with Gasteiger partial charge >= 0.3 is 6.01 Å². The van der Waals surface area contributed by atoms with Gasteiger partial charge in [0.1, 0.15) is 35.7 Å². The molecule has 1 N–H and O–H groups in total. The van der Waals surface area contributed by atoms with E-state index in [1.807, 2.05) is 0 Å². The molecule has 8 rings (SSSR count). The fourth-order valence-corrected chi connectivity index (χ4v) is 9.75. The summed E-state index contributed by atoms with van der Waals surface area (Å²) in [5.41, 5.74) is -0.121. The maximum Gasteiger partial charge on any atom is 0.319 e. The third kappa shape index (κ3) is 4.37. The summed E-state index contributed by atoms with van der Waals surface area (Å²) in [7, 11) is -0.906. The van der Waals surface area contributed by atoms with Crippen LogP contribution in [0.3, 0.4) is 0 Å². The Hall–Kier alpha value is -3.44. The molecule has 4 fully saturated rings. The van der Waals surface area contributed by atoms with Crippen LogP contribution < -0.4 is 9.64 Å². The molecule has 0 saturated carbocycles. The topological polar surface area (TPSA) is 78.8 Å². The van der Waals surface area contributed by atoms with E-state index in [4.69, 9.17) is 9.72 Å². The van der Waals surface area contributed by atoms with E-state index in [1.165, 1.54) is 18.2 Å². The summed E-state index contributed by atoms with van der Waals surface area (Å²) >= 11 is 0. The minimum absolute atomic E-state index is 0.00641. The molecule has 4 aromatic rings. The number of nitrogens with zero attached hydrogens (tertiary/aromatic N) is 4. The Kier molecular flexibility index (Phi) is 6.34. The molecular weight excluding hydrogens is 577 g/mol. The second-order valence-electron chi connectivity index (χ2n) is 12.4. The van der Waals surface area contributed by atoms with Crippen molar-refractivity contribution in [2.75, 3.05) is 37.7 Å². The highest BCUT2D eigenvalue weighted by Gasteiger charge is 2.49. The van der Waals surface area contributed by atoms with Crippen molar-refractivity contribution in [2.24, 2.45) is 0 Å². The molecular formula is C32H31F3N4O3S. The summed E-state index contributed by atoms with van der Waals surface area (Å²) < 4.78 is 65.1. The van der Waals surface area contributed by atoms with Crippen LogP contribution in [0.15, 0.2) is 42.5 Å². The van der Waals surface area contributed by atoms with Crippen molar-refractivity contribution in [1.29, 1.82) is 0 Å². The van der Waals surface area contributed by atoms with Crippen LogP contribution in [-0.4, -0.2) is 79.2 Å². The molecule has 1 aromatic heterocycles. The van der Waals surface area contributed by atoms with Crippen LogP contribution in [0, 0.1) is 11.6 Å². The second kappa shape index (κ2) is 10.1. The van der Waals surface area contributed by atoms with Gasteiger partial charge in [0.2, 0.25) is 0 Å². The number of aromatic hydroxyl groups is 1. The first-order valence-corrected chi connectivity index (χ1v) is 16.2. The van der Waals surface area contributed by atoms with Gasteiger partial charge in [0.25, 0.3) is 0 Å². The van der Waals surface area contributed by atoms with Crippen LogP contribution in [0.2, 0.25) is 0 Å². The van der Waals surface area contributed by atoms with E-state index >= 15 is 8.78 Å². The van der Waals surface area contributed by atoms with Gasteiger partial charge in [0, 0.05) is 53.2 Å². The minimum atomic E-state index is -0.917. The number of hydrogen-bond donors (Lipinski definition) is 1. The van der Waals surface area contributed by atoms with Gasteiger partial charge in [-0.2, -0.15) is 9.97 Å². The Morgan fingerprint density at radius 3 is 2.67 bits per heavy atom. The normalized spacial score (nSPS) is 28.7. The average molecular weight is 609 g/mol. The van der Waals surface area contributed by atoms with Crippen molar-refractivity contribution in [2.45, 2.75) is 54.3 Å². The lowest BCUT2D eigenvalue weighted by Crippen LogP contribution is -2.45. The average Bonchev–Trinajstić information content (AvgIpc) is 3.56. The molecule has 0 spiro atoms. The van der Waals surface area contributed by atoms with Crippen LogP contribution in [0.5, 0.6) is 11.8 Å². The third-order valence-electron chi connectivity index (χ3n) is 9.81. The lowest BCUT2D eigenvalue weighted by atomic mass is 9.95. The van der Waals surface area contributed by atoms with Crippen molar-refractivity contribution >= 4 is 38.3 Å². The maximum absolute atomic E-state index is 16.6. The standard InChI is InChI=1S/C32H31F3N4O3S/c33-19-13-32(9-2-10-39(32)14-19)17-42-31-36-29-24(30(37-31)38-15-21-5-6-22(16-38)43(21)41)8-7-23(28(29)35)25-12-20(40)11-18-3-1-4-26(34)27(18)25/h1,3-4,7-8,11-12,19,21-22,40H,2,5-6,9-10,13-17H2/t19-,21?,22?,32+,43?/m1/s1. The molecule has 224 valence electrons. The summed E-state index contributed by atoms with van der Waals surface area (Å²) in [6, 6.07) is 10.6. The van der Waals surface area contributed by atoms with Crippen LogP contribution in [-0.2, 0) is 10.8 Å². The molecule has 3 aromatic carbocycles. The molecule has 0 amide bonds. The number of phenols is 1. The molecule has 4 atom stereocenters. The number of alkyl halides is 1. The summed E-state index contributed by atoms with van der Waals surface area (Å²) in [6.07, 6.45) is 2.97. The highest BCUT2D eigenvalue weighted by molar-refractivity contribution is 7.86. The zero-order chi connectivity index (χ0) is 29.5. The summed E-state index contributed by atoms with van der Waals surface area (Å²) in [5, 5.41) is 11.6. The molecule has 2 unspecified atom stereocenters. The lowest BCUT2D eigenvalue weighted by molar-refractivity contribution is 0.107. The van der Waals surface area contributed by atoms with Gasteiger partial charge in [-0.15, -0.1) is 0 Å². The molecule has 0 aliphatic carbocycles. The first kappa shape index (κ1) is 27.1. The molecule has 4 saturated heterocycles. The van der Waals surface area contributed by atoms with Gasteiger partial charge in [0.15, 0.2) is 5.82 Å². The highest BCUT2D eigenvalue weighted by Crippen LogP contribution is 2.42. The summed E-state index contributed by atoms with van der Waals surface area (Å²) in [4.78, 5) is 13.5. The van der Waals surface area contributed by atoms with Crippen LogP contribution >= 0.6 is 0 Å². The fraction of sp³-hybridized carbons (Fsp3) is 0.438. The molecule has 2 bridgehead atoms. The van der Waals surface area contributed by atoms with Crippen molar-refractivity contribution in [1.82, 2.24) is 14.9 Å². The largest absolute Gasteiger partial charge is 0.508 e. The molecule has 7 nitrogen and oxygen atoms in total. The summed E-state index contributed by atoms with van der Waals surface area (Å²) in [6.45, 7) is 2.45. The number of fused-ring (bicyclic) bond motifs is 5. The summed E-state index contributed by atoms with van der Waals surface area (Å²) in [5.74, 6) is -0.823. The van der Waals surface area contributed by atoms with Crippen molar-refractivity contribution in [3.8, 4) is 22.9 Å². The third-order valence-corrected chi connectivity index (χ3v) is 11.9. The number of aromatic nitrogens is 2. The number of benzene rings is 3. The quantitative estimate of drug-likeness (QED) is 0.321. The van der Waals surface area contributed by atoms with Crippen LogP contribution in [0.25, 0.3) is 32.8 Å². The monoisotopic (exact) mass is 608 g/mol. The zero-order valence-corrected chi connectivity index (χ0v) is 24.3. The van der Waals surface area contributed by atoms with E-state index < -0.39 is 34.1 Å². The van der Waals surface area contributed by atoms with E-state index in [2.05, 4.69) is 14.8 Å². The number of phenolic OH excluding ortho intramolecular Hbond substituents is 1. The smallest absolute Gasteiger partial charge is 0.319 e. The first-order valence-electron chi connectivity index (χ1n) is 14.9. The molecule has 4 aliphatic rings. The van der Waals surface area contributed by atoms with E-state index in [0.29, 0.717) is 42.6 Å². The van der Waals surface area contributed by atoms with E-state index in [1.54, 1.807) is 24.3 Å². The minimum Gasteiger partial charge on any atom is -0.508 e. The predicted molar refractivity (Wildman–Crippen MR) is 160 cm³/mol. The van der Waals surface area contributed by atoms with Gasteiger partial charge < -0.3 is 14.7 Å². The fourth-order valence-electron chi connectivity index (χ4n) is 7.81. The Morgan fingerprint density at radius 1 is 1.05 bits per heavy atom. The number of halogens is 3.